The van der Waals surface area contributed by atoms with Crippen molar-refractivity contribution in [2.75, 3.05) is 13.1 Å². The third-order valence-electron chi connectivity index (χ3n) is 4.74. The van der Waals surface area contributed by atoms with Crippen molar-refractivity contribution in [1.29, 1.82) is 0 Å². The maximum absolute atomic E-state index is 13.0. The summed E-state index contributed by atoms with van der Waals surface area (Å²) in [5, 5.41) is 14.5. The molecule has 0 bridgehead atoms. The zero-order chi connectivity index (χ0) is 19.4. The minimum atomic E-state index is -0.829. The van der Waals surface area contributed by atoms with Crippen LogP contribution in [0.2, 0.25) is 0 Å². The van der Waals surface area contributed by atoms with E-state index in [0.717, 1.165) is 24.1 Å². The van der Waals surface area contributed by atoms with Crippen LogP contribution in [0.15, 0.2) is 29.6 Å². The van der Waals surface area contributed by atoms with E-state index in [9.17, 15) is 14.0 Å². The highest BCUT2D eigenvalue weighted by Crippen LogP contribution is 2.26. The summed E-state index contributed by atoms with van der Waals surface area (Å²) in [4.78, 5) is 29.5. The number of carboxylic acids is 1. The van der Waals surface area contributed by atoms with Crippen molar-refractivity contribution in [3.05, 3.63) is 40.5 Å². The minimum Gasteiger partial charge on any atom is -0.480 e. The summed E-state index contributed by atoms with van der Waals surface area (Å²) in [6.45, 7) is 2.66. The Kier molecular flexibility index (Phi) is 6.18. The number of nitrogens with one attached hydrogen (secondary N) is 1. The second kappa shape index (κ2) is 8.58. The zero-order valence-corrected chi connectivity index (χ0v) is 15.8. The highest BCUT2D eigenvalue weighted by Gasteiger charge is 2.34. The standard InChI is InChI=1S/C19H22FN3O3S/c1-2-23(10-19(25)26)15-7-14(8-15)21-17(24)9-18-22-16(11-27-18)12-3-5-13(20)6-4-12/h3-6,11,14-15H,2,7-10H2,1H3,(H,21,24)(H,25,26). The maximum Gasteiger partial charge on any atom is 0.317 e. The average molecular weight is 391 g/mol. The van der Waals surface area contributed by atoms with Gasteiger partial charge in [-0.3, -0.25) is 14.5 Å². The van der Waals surface area contributed by atoms with E-state index in [0.29, 0.717) is 11.6 Å². The fourth-order valence-electron chi connectivity index (χ4n) is 3.24. The number of benzene rings is 1. The van der Waals surface area contributed by atoms with Gasteiger partial charge in [-0.05, 0) is 43.7 Å². The van der Waals surface area contributed by atoms with Gasteiger partial charge in [0.2, 0.25) is 5.91 Å². The summed E-state index contributed by atoms with van der Waals surface area (Å²) < 4.78 is 13.0. The third kappa shape index (κ3) is 5.11. The Hall–Kier alpha value is -2.32. The number of aromatic nitrogens is 1. The molecule has 1 heterocycles. The molecular weight excluding hydrogens is 369 g/mol. The van der Waals surface area contributed by atoms with Crippen LogP contribution in [0.4, 0.5) is 4.39 Å². The first-order valence-corrected chi connectivity index (χ1v) is 9.78. The number of nitrogens with zero attached hydrogens (tertiary/aromatic N) is 2. The molecule has 0 unspecified atom stereocenters. The summed E-state index contributed by atoms with van der Waals surface area (Å²) in [5.74, 6) is -1.21. The lowest BCUT2D eigenvalue weighted by molar-refractivity contribution is -0.139. The summed E-state index contributed by atoms with van der Waals surface area (Å²) in [6, 6.07) is 6.40. The number of hydrogen-bond donors (Lipinski definition) is 2. The van der Waals surface area contributed by atoms with Crippen LogP contribution in [0, 0.1) is 5.82 Å². The Morgan fingerprint density at radius 2 is 2.04 bits per heavy atom. The fraction of sp³-hybridized carbons (Fsp3) is 0.421. The van der Waals surface area contributed by atoms with Gasteiger partial charge in [-0.25, -0.2) is 9.37 Å². The van der Waals surface area contributed by atoms with E-state index in [1.165, 1.54) is 23.5 Å². The molecule has 1 aliphatic rings. The molecule has 0 saturated heterocycles. The van der Waals surface area contributed by atoms with Gasteiger partial charge in [0.1, 0.15) is 10.8 Å². The Balaban J connectivity index is 1.47. The van der Waals surface area contributed by atoms with Crippen LogP contribution >= 0.6 is 11.3 Å². The molecule has 8 heteroatoms. The Labute approximate surface area is 161 Å². The number of halogens is 1. The summed E-state index contributed by atoms with van der Waals surface area (Å²) in [5.41, 5.74) is 1.55. The second-order valence-corrected chi connectivity index (χ2v) is 7.60. The summed E-state index contributed by atoms with van der Waals surface area (Å²) in [6.07, 6.45) is 1.75. The van der Waals surface area contributed by atoms with Crippen molar-refractivity contribution in [3.8, 4) is 11.3 Å². The van der Waals surface area contributed by atoms with E-state index in [1.807, 2.05) is 17.2 Å². The topological polar surface area (TPSA) is 82.5 Å². The number of carbonyl (C=O) groups is 2. The molecule has 1 fully saturated rings. The molecule has 1 amide bonds. The van der Waals surface area contributed by atoms with Gasteiger partial charge >= 0.3 is 5.97 Å². The quantitative estimate of drug-likeness (QED) is 0.723. The number of carbonyl (C=O) groups excluding carboxylic acids is 1. The summed E-state index contributed by atoms with van der Waals surface area (Å²) >= 11 is 1.41. The molecule has 27 heavy (non-hydrogen) atoms. The van der Waals surface area contributed by atoms with Crippen molar-refractivity contribution in [3.63, 3.8) is 0 Å². The molecular formula is C19H22FN3O3S. The molecule has 1 saturated carbocycles. The van der Waals surface area contributed by atoms with Crippen LogP contribution in [0.3, 0.4) is 0 Å². The van der Waals surface area contributed by atoms with E-state index < -0.39 is 5.97 Å². The van der Waals surface area contributed by atoms with Crippen LogP contribution in [0.5, 0.6) is 0 Å². The molecule has 0 atom stereocenters. The SMILES string of the molecule is CCN(CC(=O)O)C1CC(NC(=O)Cc2nc(-c3ccc(F)cc3)cs2)C1. The average Bonchev–Trinajstić information content (AvgIpc) is 3.04. The first-order valence-electron chi connectivity index (χ1n) is 8.90. The third-order valence-corrected chi connectivity index (χ3v) is 5.59. The lowest BCUT2D eigenvalue weighted by atomic mass is 9.85. The highest BCUT2D eigenvalue weighted by atomic mass is 32.1. The van der Waals surface area contributed by atoms with Gasteiger partial charge in [-0.1, -0.05) is 6.92 Å². The van der Waals surface area contributed by atoms with Gasteiger partial charge in [0.25, 0.3) is 0 Å². The molecule has 2 N–H and O–H groups in total. The zero-order valence-electron chi connectivity index (χ0n) is 15.0. The van der Waals surface area contributed by atoms with E-state index in [-0.39, 0.29) is 36.8 Å². The highest BCUT2D eigenvalue weighted by molar-refractivity contribution is 7.10. The molecule has 0 aliphatic heterocycles. The smallest absolute Gasteiger partial charge is 0.317 e. The summed E-state index contributed by atoms with van der Waals surface area (Å²) in [7, 11) is 0. The van der Waals surface area contributed by atoms with Gasteiger partial charge in [-0.15, -0.1) is 11.3 Å². The van der Waals surface area contributed by atoms with Gasteiger partial charge in [-0.2, -0.15) is 0 Å². The number of rotatable bonds is 8. The monoisotopic (exact) mass is 391 g/mol. The molecule has 0 radical (unpaired) electrons. The maximum atomic E-state index is 13.0. The van der Waals surface area contributed by atoms with Crippen LogP contribution in [0.1, 0.15) is 24.8 Å². The molecule has 6 nitrogen and oxygen atoms in total. The molecule has 2 aromatic rings. The number of likely N-dealkylation sites (N-methyl/N-ethyl adjacent to an activating group) is 1. The first-order chi connectivity index (χ1) is 12.9. The number of hydrogen-bond acceptors (Lipinski definition) is 5. The van der Waals surface area contributed by atoms with Gasteiger partial charge in [0, 0.05) is 23.0 Å². The number of aliphatic carboxylic acids is 1. The van der Waals surface area contributed by atoms with E-state index in [1.54, 1.807) is 12.1 Å². The molecule has 1 aromatic heterocycles. The minimum absolute atomic E-state index is 0.0348. The van der Waals surface area contributed by atoms with Crippen LogP contribution in [-0.4, -0.2) is 52.0 Å². The first kappa shape index (κ1) is 19.4. The van der Waals surface area contributed by atoms with E-state index in [2.05, 4.69) is 10.3 Å². The molecule has 0 spiro atoms. The van der Waals surface area contributed by atoms with Crippen molar-refractivity contribution in [2.24, 2.45) is 0 Å². The Bertz CT molecular complexity index is 803. The lowest BCUT2D eigenvalue weighted by Crippen LogP contribution is -2.55. The second-order valence-electron chi connectivity index (χ2n) is 6.66. The Morgan fingerprint density at radius 3 is 2.67 bits per heavy atom. The number of thiazole rings is 1. The van der Waals surface area contributed by atoms with Crippen LogP contribution < -0.4 is 5.32 Å². The molecule has 1 aromatic carbocycles. The van der Waals surface area contributed by atoms with E-state index >= 15 is 0 Å². The predicted octanol–water partition coefficient (Wildman–Crippen LogP) is 2.55. The predicted molar refractivity (Wildman–Crippen MR) is 101 cm³/mol. The van der Waals surface area contributed by atoms with Crippen molar-refractivity contribution in [2.45, 2.75) is 38.3 Å². The van der Waals surface area contributed by atoms with Gasteiger partial charge < -0.3 is 10.4 Å². The molecule has 1 aliphatic carbocycles. The fourth-order valence-corrected chi connectivity index (χ4v) is 4.04. The normalized spacial score (nSPS) is 18.9. The van der Waals surface area contributed by atoms with Gasteiger partial charge in [0.05, 0.1) is 18.7 Å². The number of carboxylic acid groups (broad SMARTS) is 1. The molecule has 144 valence electrons. The van der Waals surface area contributed by atoms with Crippen molar-refractivity contribution >= 4 is 23.2 Å². The van der Waals surface area contributed by atoms with Crippen molar-refractivity contribution < 1.29 is 19.1 Å². The molecule has 3 rings (SSSR count). The largest absolute Gasteiger partial charge is 0.480 e. The Morgan fingerprint density at radius 1 is 1.33 bits per heavy atom. The van der Waals surface area contributed by atoms with Crippen LogP contribution in [-0.2, 0) is 16.0 Å². The van der Waals surface area contributed by atoms with Crippen LogP contribution in [0.25, 0.3) is 11.3 Å². The van der Waals surface area contributed by atoms with Gasteiger partial charge in [0.15, 0.2) is 0 Å². The number of amides is 1. The van der Waals surface area contributed by atoms with E-state index in [4.69, 9.17) is 5.11 Å². The van der Waals surface area contributed by atoms with Crippen molar-refractivity contribution in [1.82, 2.24) is 15.2 Å². The lowest BCUT2D eigenvalue weighted by Gasteiger charge is -2.42.